The zero-order valence-corrected chi connectivity index (χ0v) is 15.7. The van der Waals surface area contributed by atoms with Crippen molar-refractivity contribution in [3.05, 3.63) is 77.2 Å². The fourth-order valence-corrected chi connectivity index (χ4v) is 2.40. The Morgan fingerprint density at radius 1 is 0.966 bits per heavy atom. The number of rotatable bonds is 2. The normalized spacial score (nSPS) is 14.9. The maximum absolute atomic E-state index is 11.6. The molecular formula is C20H18N4O5. The third-order valence-corrected chi connectivity index (χ3v) is 3.74. The number of ether oxygens (including phenoxy) is 2. The molecule has 0 saturated carbocycles. The molecule has 4 heterocycles. The Kier molecular flexibility index (Phi) is 5.68. The lowest BCUT2D eigenvalue weighted by atomic mass is 10.2. The van der Waals surface area contributed by atoms with Gasteiger partial charge in [-0.15, -0.1) is 0 Å². The molecule has 1 aliphatic rings. The van der Waals surface area contributed by atoms with Gasteiger partial charge in [-0.25, -0.2) is 9.59 Å². The molecule has 0 aliphatic carbocycles. The Balaban J connectivity index is 0.000000186. The first-order valence-corrected chi connectivity index (χ1v) is 8.60. The molecule has 0 unspecified atom stereocenters. The number of aromatic nitrogens is 3. The topological polar surface area (TPSA) is 123 Å². The number of carbonyl (C=O) groups is 2. The summed E-state index contributed by atoms with van der Waals surface area (Å²) >= 11 is 0. The van der Waals surface area contributed by atoms with Crippen molar-refractivity contribution in [1.82, 2.24) is 15.0 Å². The number of nitrogens with zero attached hydrogens (tertiary/aromatic N) is 2. The standard InChI is InChI=1S/C12H12N2O4.C8H6N2O/c1-12(2)17-10(15)9(11(16)18-12)7-14-8-3-5-13-6-4-8;11-8-2-4-10-7-1-3-9-5-6(7)8/h3-7H,1-2H3,(H,13,14);1-5H,(H,10,11). The largest absolute Gasteiger partial charge is 0.419 e. The van der Waals surface area contributed by atoms with E-state index in [1.165, 1.54) is 26.1 Å². The van der Waals surface area contributed by atoms with E-state index >= 15 is 0 Å². The lowest BCUT2D eigenvalue weighted by molar-refractivity contribution is -0.222. The van der Waals surface area contributed by atoms with Crippen LogP contribution in [0.2, 0.25) is 0 Å². The van der Waals surface area contributed by atoms with Gasteiger partial charge in [0.2, 0.25) is 0 Å². The summed E-state index contributed by atoms with van der Waals surface area (Å²) in [7, 11) is 0. The molecule has 1 aliphatic heterocycles. The van der Waals surface area contributed by atoms with Gasteiger partial charge < -0.3 is 19.8 Å². The first kappa shape index (κ1) is 19.7. The van der Waals surface area contributed by atoms with Crippen LogP contribution in [0.5, 0.6) is 0 Å². The lowest BCUT2D eigenvalue weighted by Crippen LogP contribution is -2.42. The van der Waals surface area contributed by atoms with Gasteiger partial charge in [0.15, 0.2) is 11.0 Å². The molecule has 2 N–H and O–H groups in total. The molecule has 0 atom stereocenters. The second-order valence-corrected chi connectivity index (χ2v) is 6.38. The number of fused-ring (bicyclic) bond motifs is 1. The van der Waals surface area contributed by atoms with Gasteiger partial charge in [0.1, 0.15) is 0 Å². The third-order valence-electron chi connectivity index (χ3n) is 3.74. The number of nitrogens with one attached hydrogen (secondary N) is 2. The van der Waals surface area contributed by atoms with E-state index in [-0.39, 0.29) is 11.0 Å². The fourth-order valence-electron chi connectivity index (χ4n) is 2.40. The first-order chi connectivity index (χ1) is 13.9. The molecule has 29 heavy (non-hydrogen) atoms. The van der Waals surface area contributed by atoms with E-state index in [1.807, 2.05) is 0 Å². The molecule has 4 rings (SSSR count). The number of hydrogen-bond donors (Lipinski definition) is 2. The molecule has 9 nitrogen and oxygen atoms in total. The zero-order chi connectivity index (χ0) is 20.9. The van der Waals surface area contributed by atoms with Crippen molar-refractivity contribution < 1.29 is 19.1 Å². The maximum Gasteiger partial charge on any atom is 0.350 e. The molecule has 3 aromatic rings. The minimum atomic E-state index is -1.22. The number of H-pyrrole nitrogens is 1. The fraction of sp³-hybridized carbons (Fsp3) is 0.150. The molecular weight excluding hydrogens is 376 g/mol. The van der Waals surface area contributed by atoms with E-state index in [9.17, 15) is 14.4 Å². The van der Waals surface area contributed by atoms with E-state index in [4.69, 9.17) is 9.47 Å². The summed E-state index contributed by atoms with van der Waals surface area (Å²) in [5.41, 5.74) is 1.36. The number of pyridine rings is 3. The Morgan fingerprint density at radius 3 is 2.28 bits per heavy atom. The van der Waals surface area contributed by atoms with E-state index < -0.39 is 17.7 Å². The summed E-state index contributed by atoms with van der Waals surface area (Å²) < 4.78 is 9.89. The van der Waals surface area contributed by atoms with Crippen molar-refractivity contribution in [2.24, 2.45) is 0 Å². The Labute approximate surface area is 165 Å². The smallest absolute Gasteiger partial charge is 0.350 e. The molecule has 0 spiro atoms. The van der Waals surface area contributed by atoms with E-state index in [2.05, 4.69) is 20.3 Å². The molecule has 9 heteroatoms. The molecule has 0 bridgehead atoms. The Hall–Kier alpha value is -4.01. The predicted octanol–water partition coefficient (Wildman–Crippen LogP) is 2.14. The molecule has 1 saturated heterocycles. The van der Waals surface area contributed by atoms with Gasteiger partial charge in [-0.3, -0.25) is 14.8 Å². The van der Waals surface area contributed by atoms with E-state index in [0.29, 0.717) is 11.1 Å². The minimum Gasteiger partial charge on any atom is -0.419 e. The van der Waals surface area contributed by atoms with Gasteiger partial charge in [0.05, 0.1) is 10.9 Å². The molecule has 3 aromatic heterocycles. The highest BCUT2D eigenvalue weighted by molar-refractivity contribution is 6.15. The minimum absolute atomic E-state index is 0.00634. The van der Waals surface area contributed by atoms with Crippen LogP contribution in [0.25, 0.3) is 10.9 Å². The highest BCUT2D eigenvalue weighted by Crippen LogP contribution is 2.22. The van der Waals surface area contributed by atoms with Crippen LogP contribution in [-0.4, -0.2) is 32.7 Å². The second kappa shape index (κ2) is 8.34. The maximum atomic E-state index is 11.6. The number of aromatic amines is 1. The van der Waals surface area contributed by atoms with Crippen LogP contribution < -0.4 is 10.7 Å². The summed E-state index contributed by atoms with van der Waals surface area (Å²) in [5, 5.41) is 3.43. The van der Waals surface area contributed by atoms with Gasteiger partial charge in [-0.2, -0.15) is 0 Å². The summed E-state index contributed by atoms with van der Waals surface area (Å²) in [6.45, 7) is 2.99. The lowest BCUT2D eigenvalue weighted by Gasteiger charge is -2.29. The van der Waals surface area contributed by atoms with Crippen molar-refractivity contribution in [1.29, 1.82) is 0 Å². The highest BCUT2D eigenvalue weighted by Gasteiger charge is 2.38. The number of esters is 2. The number of anilines is 1. The van der Waals surface area contributed by atoms with E-state index in [0.717, 1.165) is 5.52 Å². The number of hydrogen-bond acceptors (Lipinski definition) is 8. The van der Waals surface area contributed by atoms with Crippen LogP contribution >= 0.6 is 0 Å². The number of carbonyl (C=O) groups excluding carboxylic acids is 2. The average molecular weight is 394 g/mol. The summed E-state index contributed by atoms with van der Waals surface area (Å²) in [4.78, 5) is 45.0. The zero-order valence-electron chi connectivity index (χ0n) is 15.7. The van der Waals surface area contributed by atoms with Crippen molar-refractivity contribution in [3.8, 4) is 0 Å². The van der Waals surface area contributed by atoms with Gasteiger partial charge in [0, 0.05) is 62.8 Å². The third kappa shape index (κ3) is 5.04. The van der Waals surface area contributed by atoms with Gasteiger partial charge in [-0.05, 0) is 18.2 Å². The van der Waals surface area contributed by atoms with Crippen LogP contribution in [-0.2, 0) is 19.1 Å². The van der Waals surface area contributed by atoms with Crippen LogP contribution in [0.1, 0.15) is 13.8 Å². The first-order valence-electron chi connectivity index (χ1n) is 8.60. The van der Waals surface area contributed by atoms with Gasteiger partial charge >= 0.3 is 11.9 Å². The van der Waals surface area contributed by atoms with Crippen molar-refractivity contribution in [3.63, 3.8) is 0 Å². The highest BCUT2D eigenvalue weighted by atomic mass is 16.7. The van der Waals surface area contributed by atoms with Crippen LogP contribution in [0.3, 0.4) is 0 Å². The summed E-state index contributed by atoms with van der Waals surface area (Å²) in [5.74, 6) is -2.64. The van der Waals surface area contributed by atoms with Gasteiger partial charge in [0.25, 0.3) is 5.79 Å². The van der Waals surface area contributed by atoms with Crippen LogP contribution in [0.15, 0.2) is 71.8 Å². The second-order valence-electron chi connectivity index (χ2n) is 6.38. The van der Waals surface area contributed by atoms with Crippen LogP contribution in [0, 0.1) is 0 Å². The SMILES string of the molecule is CC1(C)OC(=O)C(=CNc2ccncc2)C(=O)O1.O=c1cc[nH]c2ccncc12. The molecule has 1 fully saturated rings. The van der Waals surface area contributed by atoms with Crippen molar-refractivity contribution >= 4 is 28.5 Å². The molecule has 0 amide bonds. The van der Waals surface area contributed by atoms with Crippen molar-refractivity contribution in [2.75, 3.05) is 5.32 Å². The quantitative estimate of drug-likeness (QED) is 0.385. The van der Waals surface area contributed by atoms with Crippen molar-refractivity contribution in [2.45, 2.75) is 19.6 Å². The monoisotopic (exact) mass is 394 g/mol. The molecule has 148 valence electrons. The number of cyclic esters (lactones) is 2. The van der Waals surface area contributed by atoms with Crippen LogP contribution in [0.4, 0.5) is 5.69 Å². The predicted molar refractivity (Wildman–Crippen MR) is 105 cm³/mol. The Bertz CT molecular complexity index is 1090. The summed E-state index contributed by atoms with van der Waals surface area (Å²) in [6, 6.07) is 6.65. The van der Waals surface area contributed by atoms with E-state index in [1.54, 1.807) is 49.2 Å². The Morgan fingerprint density at radius 2 is 1.62 bits per heavy atom. The molecule has 0 radical (unpaired) electrons. The molecule has 0 aromatic carbocycles. The average Bonchev–Trinajstić information content (AvgIpc) is 2.68. The summed E-state index contributed by atoms with van der Waals surface area (Å²) in [6.07, 6.45) is 9.27. The van der Waals surface area contributed by atoms with Gasteiger partial charge in [-0.1, -0.05) is 0 Å².